The fourth-order valence-corrected chi connectivity index (χ4v) is 1.35. The van der Waals surface area contributed by atoms with Gasteiger partial charge in [0.25, 0.3) is 0 Å². The van der Waals surface area contributed by atoms with Crippen molar-refractivity contribution in [1.82, 2.24) is 0 Å². The zero-order chi connectivity index (χ0) is 10.7. The van der Waals surface area contributed by atoms with Crippen LogP contribution in [0.15, 0.2) is 12.1 Å². The van der Waals surface area contributed by atoms with Gasteiger partial charge in [-0.05, 0) is 6.07 Å². The molecule has 0 spiro atoms. The smallest absolute Gasteiger partial charge is 0.341 e. The summed E-state index contributed by atoms with van der Waals surface area (Å²) in [6.45, 7) is -0.475. The van der Waals surface area contributed by atoms with Gasteiger partial charge in [-0.1, -0.05) is 34.8 Å². The van der Waals surface area contributed by atoms with Gasteiger partial charge in [-0.2, -0.15) is 0 Å². The molecule has 6 heteroatoms. The molecule has 0 aliphatic heterocycles. The summed E-state index contributed by atoms with van der Waals surface area (Å²) in [4.78, 5) is 10.2. The zero-order valence-corrected chi connectivity index (χ0v) is 9.03. The fourth-order valence-electron chi connectivity index (χ4n) is 0.754. The topological polar surface area (TPSA) is 46.5 Å². The van der Waals surface area contributed by atoms with Gasteiger partial charge in [0, 0.05) is 6.07 Å². The van der Waals surface area contributed by atoms with Crippen molar-refractivity contribution in [3.05, 3.63) is 27.2 Å². The lowest BCUT2D eigenvalue weighted by atomic mass is 10.8. The van der Waals surface area contributed by atoms with Gasteiger partial charge in [-0.15, -0.1) is 0 Å². The maximum atomic E-state index is 10.2. The molecular formula is C8H5Cl3O3. The van der Waals surface area contributed by atoms with E-state index in [1.165, 1.54) is 12.1 Å². The molecule has 0 saturated carbocycles. The Morgan fingerprint density at radius 2 is 1.79 bits per heavy atom. The predicted octanol–water partition coefficient (Wildman–Crippen LogP) is 3.11. The lowest BCUT2D eigenvalue weighted by Gasteiger charge is -2.06. The molecule has 1 aromatic rings. The summed E-state index contributed by atoms with van der Waals surface area (Å²) in [5.41, 5.74) is 0. The molecule has 0 radical (unpaired) electrons. The third-order valence-corrected chi connectivity index (χ3v) is 2.34. The van der Waals surface area contributed by atoms with Crippen LogP contribution in [-0.4, -0.2) is 17.7 Å². The highest BCUT2D eigenvalue weighted by molar-refractivity contribution is 6.43. The number of hydrogen-bond donors (Lipinski definition) is 1. The maximum Gasteiger partial charge on any atom is 0.341 e. The Labute approximate surface area is 95.1 Å². The van der Waals surface area contributed by atoms with E-state index in [9.17, 15) is 4.79 Å². The SMILES string of the molecule is O=C(O)CO[13c]1[13cH][13c](Cl)[13c](Cl)[13cH][13c]1Cl. The van der Waals surface area contributed by atoms with Crippen molar-refractivity contribution in [3.63, 3.8) is 0 Å². The van der Waals surface area contributed by atoms with Crippen LogP contribution in [0.3, 0.4) is 0 Å². The first-order chi connectivity index (χ1) is 6.50. The Hall–Kier alpha value is -0.640. The van der Waals surface area contributed by atoms with Gasteiger partial charge in [-0.25, -0.2) is 4.79 Å². The summed E-state index contributed by atoms with van der Waals surface area (Å²) in [5.74, 6) is -0.893. The second-order valence-corrected chi connectivity index (χ2v) is 3.60. The zero-order valence-electron chi connectivity index (χ0n) is 6.76. The first kappa shape index (κ1) is 11.4. The minimum Gasteiger partial charge on any atom is -0.480 e. The summed E-state index contributed by atoms with van der Waals surface area (Å²) in [6, 6.07) is 2.76. The molecule has 0 saturated heterocycles. The quantitative estimate of drug-likeness (QED) is 0.850. The summed E-state index contributed by atoms with van der Waals surface area (Å²) < 4.78 is 4.86. The van der Waals surface area contributed by atoms with Crippen molar-refractivity contribution in [3.8, 4) is 5.75 Å². The highest BCUT2D eigenvalue weighted by Crippen LogP contribution is 2.33. The van der Waals surface area contributed by atoms with Crippen LogP contribution in [0.4, 0.5) is 0 Å². The second-order valence-electron chi connectivity index (χ2n) is 2.38. The van der Waals surface area contributed by atoms with Gasteiger partial charge in [-0.3, -0.25) is 0 Å². The number of hydrogen-bond acceptors (Lipinski definition) is 2. The van der Waals surface area contributed by atoms with E-state index in [-0.39, 0.29) is 15.8 Å². The summed E-state index contributed by atoms with van der Waals surface area (Å²) >= 11 is 17.1. The third kappa shape index (κ3) is 2.94. The van der Waals surface area contributed by atoms with E-state index in [4.69, 9.17) is 44.6 Å². The Kier molecular flexibility index (Phi) is 3.86. The van der Waals surface area contributed by atoms with Crippen molar-refractivity contribution < 1.29 is 14.6 Å². The predicted molar refractivity (Wildman–Crippen MR) is 54.6 cm³/mol. The molecule has 76 valence electrons. The van der Waals surface area contributed by atoms with Gasteiger partial charge in [0.15, 0.2) is 6.61 Å². The average molecular weight is 261 g/mol. The van der Waals surface area contributed by atoms with Crippen LogP contribution in [0.25, 0.3) is 0 Å². The molecule has 14 heavy (non-hydrogen) atoms. The molecule has 3 nitrogen and oxygen atoms in total. The second kappa shape index (κ2) is 4.73. The van der Waals surface area contributed by atoms with E-state index < -0.39 is 12.6 Å². The van der Waals surface area contributed by atoms with Crippen molar-refractivity contribution >= 4 is 40.8 Å². The summed E-state index contributed by atoms with van der Waals surface area (Å²) in [6.07, 6.45) is 0. The van der Waals surface area contributed by atoms with Crippen LogP contribution in [0, 0.1) is 0 Å². The number of rotatable bonds is 3. The van der Waals surface area contributed by atoms with Crippen LogP contribution < -0.4 is 4.74 Å². The van der Waals surface area contributed by atoms with Gasteiger partial charge >= 0.3 is 5.97 Å². The highest BCUT2D eigenvalue weighted by Gasteiger charge is 2.08. The average Bonchev–Trinajstić information content (AvgIpc) is 2.09. The van der Waals surface area contributed by atoms with Crippen molar-refractivity contribution in [1.29, 1.82) is 0 Å². The number of carboxylic acids is 1. The molecule has 1 rings (SSSR count). The van der Waals surface area contributed by atoms with E-state index in [0.29, 0.717) is 5.02 Å². The van der Waals surface area contributed by atoms with Gasteiger partial charge in [0.1, 0.15) is 5.75 Å². The first-order valence-corrected chi connectivity index (χ1v) is 4.63. The number of ether oxygens (including phenoxy) is 1. The lowest BCUT2D eigenvalue weighted by molar-refractivity contribution is -0.139. The minimum atomic E-state index is -1.09. The molecule has 0 aromatic heterocycles. The van der Waals surface area contributed by atoms with Crippen LogP contribution in [0.2, 0.25) is 15.1 Å². The third-order valence-electron chi connectivity index (χ3n) is 1.33. The van der Waals surface area contributed by atoms with E-state index in [1.807, 2.05) is 0 Å². The molecule has 0 amide bonds. The van der Waals surface area contributed by atoms with Crippen LogP contribution in [0.5, 0.6) is 5.75 Å². The molecule has 0 fully saturated rings. The maximum absolute atomic E-state index is 10.2. The van der Waals surface area contributed by atoms with E-state index in [2.05, 4.69) is 0 Å². The largest absolute Gasteiger partial charge is 0.480 e. The molecule has 0 atom stereocenters. The number of halogens is 3. The molecule has 1 N–H and O–H groups in total. The van der Waals surface area contributed by atoms with Gasteiger partial charge < -0.3 is 9.84 Å². The van der Waals surface area contributed by atoms with Gasteiger partial charge in [0.2, 0.25) is 0 Å². The Bertz CT molecular complexity index is 365. The number of carboxylic acid groups (broad SMARTS) is 1. The standard InChI is InChI=1S/C8H5Cl3O3/c9-4-1-6(11)7(2-5(4)10)14-3-8(12)13/h1-2H,3H2,(H,12,13)/i1+1,2+1,4+1,5+1,6+1,7+1. The van der Waals surface area contributed by atoms with E-state index in [0.717, 1.165) is 0 Å². The number of carbonyl (C=O) groups is 1. The Balaban J connectivity index is 2.87. The van der Waals surface area contributed by atoms with Crippen molar-refractivity contribution in [2.75, 3.05) is 6.61 Å². The van der Waals surface area contributed by atoms with E-state index >= 15 is 0 Å². The molecule has 0 aliphatic carbocycles. The van der Waals surface area contributed by atoms with Crippen molar-refractivity contribution in [2.45, 2.75) is 0 Å². The summed E-state index contributed by atoms with van der Waals surface area (Å²) in [5, 5.41) is 9.14. The monoisotopic (exact) mass is 260 g/mol. The minimum absolute atomic E-state index is 0.198. The first-order valence-electron chi connectivity index (χ1n) is 3.50. The molecule has 0 unspecified atom stereocenters. The van der Waals surface area contributed by atoms with Crippen molar-refractivity contribution in [2.24, 2.45) is 0 Å². The normalized spacial score (nSPS) is 9.93. The molecule has 0 aliphatic rings. The van der Waals surface area contributed by atoms with E-state index in [1.54, 1.807) is 0 Å². The Morgan fingerprint density at radius 3 is 2.36 bits per heavy atom. The highest BCUT2D eigenvalue weighted by atomic mass is 35.5. The van der Waals surface area contributed by atoms with Crippen LogP contribution >= 0.6 is 34.8 Å². The number of aliphatic carboxylic acids is 1. The Morgan fingerprint density at radius 1 is 1.21 bits per heavy atom. The lowest BCUT2D eigenvalue weighted by Crippen LogP contribution is -2.09. The fraction of sp³-hybridized carbons (Fsp3) is 0.125. The molecular weight excluding hydrogens is 256 g/mol. The molecule has 1 aromatic carbocycles. The van der Waals surface area contributed by atoms with Crippen LogP contribution in [-0.2, 0) is 4.79 Å². The molecule has 0 bridgehead atoms. The van der Waals surface area contributed by atoms with Gasteiger partial charge in [0.05, 0.1) is 15.1 Å². The molecule has 0 heterocycles. The number of benzene rings is 1. The summed E-state index contributed by atoms with van der Waals surface area (Å²) in [7, 11) is 0. The van der Waals surface area contributed by atoms with Crippen LogP contribution in [0.1, 0.15) is 0 Å².